The Balaban J connectivity index is 1.95. The van der Waals surface area contributed by atoms with Crippen molar-refractivity contribution < 1.29 is 13.2 Å². The van der Waals surface area contributed by atoms with Crippen molar-refractivity contribution in [3.8, 4) is 0 Å². The smallest absolute Gasteiger partial charge is 0.349 e. The van der Waals surface area contributed by atoms with Gasteiger partial charge in [-0.3, -0.25) is 0 Å². The van der Waals surface area contributed by atoms with E-state index in [0.717, 1.165) is 12.8 Å². The van der Waals surface area contributed by atoms with Crippen LogP contribution in [0.3, 0.4) is 0 Å². The predicted octanol–water partition coefficient (Wildman–Crippen LogP) is 1.73. The minimum Gasteiger partial charge on any atom is -0.349 e. The first-order valence-electron chi connectivity index (χ1n) is 5.23. The molecule has 1 aromatic rings. The van der Waals surface area contributed by atoms with Gasteiger partial charge in [0, 0.05) is 19.6 Å². The second-order valence-electron chi connectivity index (χ2n) is 4.37. The van der Waals surface area contributed by atoms with Gasteiger partial charge in [0.05, 0.1) is 0 Å². The van der Waals surface area contributed by atoms with E-state index in [-0.39, 0.29) is 6.04 Å². The number of nitrogens with two attached hydrogens (primary N) is 1. The maximum Gasteiger partial charge on any atom is 0.445 e. The van der Waals surface area contributed by atoms with E-state index >= 15 is 0 Å². The number of nitrogens with zero attached hydrogens (tertiary/aromatic N) is 3. The van der Waals surface area contributed by atoms with Gasteiger partial charge in [-0.25, -0.2) is 0 Å². The van der Waals surface area contributed by atoms with Crippen molar-refractivity contribution in [1.82, 2.24) is 10.2 Å². The van der Waals surface area contributed by atoms with Crippen molar-refractivity contribution >= 4 is 16.5 Å². The fourth-order valence-electron chi connectivity index (χ4n) is 1.89. The third-order valence-corrected chi connectivity index (χ3v) is 3.87. The summed E-state index contributed by atoms with van der Waals surface area (Å²) < 4.78 is 37.0. The number of hydrogen-bond donors (Lipinski definition) is 1. The Bertz CT molecular complexity index is 386. The molecule has 1 heterocycles. The van der Waals surface area contributed by atoms with Gasteiger partial charge in [-0.2, -0.15) is 13.2 Å². The number of anilines is 1. The van der Waals surface area contributed by atoms with E-state index in [2.05, 4.69) is 10.2 Å². The van der Waals surface area contributed by atoms with Gasteiger partial charge in [-0.1, -0.05) is 11.3 Å². The molecular formula is C9H13F3N4S. The minimum atomic E-state index is -4.41. The molecule has 8 heteroatoms. The van der Waals surface area contributed by atoms with Crippen molar-refractivity contribution in [2.24, 2.45) is 11.7 Å². The molecule has 0 saturated heterocycles. The summed E-state index contributed by atoms with van der Waals surface area (Å²) in [7, 11) is 1.73. The normalized spacial score (nSPS) is 24.5. The van der Waals surface area contributed by atoms with Gasteiger partial charge in [0.1, 0.15) is 0 Å². The van der Waals surface area contributed by atoms with E-state index in [0.29, 0.717) is 28.9 Å². The summed E-state index contributed by atoms with van der Waals surface area (Å²) in [5, 5.41) is 6.11. The number of rotatable bonds is 3. The molecule has 1 saturated carbocycles. The molecule has 0 aliphatic heterocycles. The molecular weight excluding hydrogens is 253 g/mol. The van der Waals surface area contributed by atoms with Crippen molar-refractivity contribution in [2.75, 3.05) is 18.5 Å². The molecule has 1 aliphatic carbocycles. The highest BCUT2D eigenvalue weighted by Gasteiger charge is 2.36. The third kappa shape index (κ3) is 2.86. The van der Waals surface area contributed by atoms with Crippen LogP contribution in [0.1, 0.15) is 17.8 Å². The average Bonchev–Trinajstić information content (AvgIpc) is 2.63. The van der Waals surface area contributed by atoms with Gasteiger partial charge in [0.25, 0.3) is 0 Å². The predicted molar refractivity (Wildman–Crippen MR) is 58.9 cm³/mol. The lowest BCUT2D eigenvalue weighted by Crippen LogP contribution is -2.41. The second kappa shape index (κ2) is 4.41. The second-order valence-corrected chi connectivity index (χ2v) is 5.32. The molecule has 0 unspecified atom stereocenters. The standard InChI is InChI=1S/C9H13F3N4S/c1-16(4-5-2-6(13)3-5)8-15-14-7(17-8)9(10,11)12/h5-6H,2-4,13H2,1H3. The summed E-state index contributed by atoms with van der Waals surface area (Å²) in [6.45, 7) is 0.681. The lowest BCUT2D eigenvalue weighted by atomic mass is 9.81. The molecule has 0 aromatic carbocycles. The summed E-state index contributed by atoms with van der Waals surface area (Å²) in [4.78, 5) is 1.71. The lowest BCUT2D eigenvalue weighted by Gasteiger charge is -2.35. The van der Waals surface area contributed by atoms with Crippen LogP contribution in [0.5, 0.6) is 0 Å². The zero-order chi connectivity index (χ0) is 12.6. The lowest BCUT2D eigenvalue weighted by molar-refractivity contribution is -0.138. The van der Waals surface area contributed by atoms with Crippen LogP contribution >= 0.6 is 11.3 Å². The summed E-state index contributed by atoms with van der Waals surface area (Å²) in [5.41, 5.74) is 5.65. The SMILES string of the molecule is CN(CC1CC(N)C1)c1nnc(C(F)(F)F)s1. The van der Waals surface area contributed by atoms with E-state index < -0.39 is 11.2 Å². The number of halogens is 3. The van der Waals surface area contributed by atoms with Crippen LogP contribution in [0.4, 0.5) is 18.3 Å². The summed E-state index contributed by atoms with van der Waals surface area (Å²) in [5.74, 6) is 0.452. The van der Waals surface area contributed by atoms with Gasteiger partial charge >= 0.3 is 6.18 Å². The molecule has 96 valence electrons. The average molecular weight is 266 g/mol. The van der Waals surface area contributed by atoms with Gasteiger partial charge in [-0.15, -0.1) is 10.2 Å². The summed E-state index contributed by atoms with van der Waals surface area (Å²) in [6.07, 6.45) is -2.56. The first kappa shape index (κ1) is 12.6. The first-order valence-corrected chi connectivity index (χ1v) is 6.05. The number of hydrogen-bond acceptors (Lipinski definition) is 5. The third-order valence-electron chi connectivity index (χ3n) is 2.79. The van der Waals surface area contributed by atoms with Crippen LogP contribution in [0.2, 0.25) is 0 Å². The van der Waals surface area contributed by atoms with Gasteiger partial charge in [0.15, 0.2) is 0 Å². The highest BCUT2D eigenvalue weighted by molar-refractivity contribution is 7.15. The molecule has 1 aromatic heterocycles. The Morgan fingerprint density at radius 2 is 2.06 bits per heavy atom. The molecule has 4 nitrogen and oxygen atoms in total. The fourth-order valence-corrected chi connectivity index (χ4v) is 2.57. The van der Waals surface area contributed by atoms with Crippen LogP contribution < -0.4 is 10.6 Å². The van der Waals surface area contributed by atoms with Crippen LogP contribution in [-0.2, 0) is 6.18 Å². The number of aromatic nitrogens is 2. The van der Waals surface area contributed by atoms with Gasteiger partial charge in [0.2, 0.25) is 10.1 Å². The van der Waals surface area contributed by atoms with Crippen molar-refractivity contribution in [3.63, 3.8) is 0 Å². The van der Waals surface area contributed by atoms with E-state index in [1.54, 1.807) is 11.9 Å². The van der Waals surface area contributed by atoms with Crippen LogP contribution in [-0.4, -0.2) is 29.8 Å². The number of alkyl halides is 3. The zero-order valence-electron chi connectivity index (χ0n) is 9.24. The topological polar surface area (TPSA) is 55.0 Å². The Morgan fingerprint density at radius 1 is 1.41 bits per heavy atom. The molecule has 1 aliphatic rings. The van der Waals surface area contributed by atoms with E-state index in [1.807, 2.05) is 0 Å². The maximum absolute atomic E-state index is 12.3. The van der Waals surface area contributed by atoms with E-state index in [1.165, 1.54) is 0 Å². The Hall–Kier alpha value is -0.890. The van der Waals surface area contributed by atoms with E-state index in [9.17, 15) is 13.2 Å². The molecule has 0 amide bonds. The molecule has 17 heavy (non-hydrogen) atoms. The highest BCUT2D eigenvalue weighted by Crippen LogP contribution is 2.35. The van der Waals surface area contributed by atoms with Crippen LogP contribution in [0.25, 0.3) is 0 Å². The van der Waals surface area contributed by atoms with Crippen molar-refractivity contribution in [2.45, 2.75) is 25.1 Å². The van der Waals surface area contributed by atoms with Gasteiger partial charge in [-0.05, 0) is 18.8 Å². The quantitative estimate of drug-likeness (QED) is 0.905. The van der Waals surface area contributed by atoms with Crippen LogP contribution in [0.15, 0.2) is 0 Å². The van der Waals surface area contributed by atoms with Crippen molar-refractivity contribution in [1.29, 1.82) is 0 Å². The highest BCUT2D eigenvalue weighted by atomic mass is 32.1. The summed E-state index contributed by atoms with van der Waals surface area (Å²) in [6, 6.07) is 0.244. The van der Waals surface area contributed by atoms with Gasteiger partial charge < -0.3 is 10.6 Å². The molecule has 0 spiro atoms. The Labute approximate surface area is 101 Å². The molecule has 0 atom stereocenters. The minimum absolute atomic E-state index is 0.244. The maximum atomic E-state index is 12.3. The Kier molecular flexibility index (Phi) is 3.26. The molecule has 0 radical (unpaired) electrons. The largest absolute Gasteiger partial charge is 0.445 e. The van der Waals surface area contributed by atoms with Crippen molar-refractivity contribution in [3.05, 3.63) is 5.01 Å². The molecule has 1 fully saturated rings. The molecule has 2 N–H and O–H groups in total. The fraction of sp³-hybridized carbons (Fsp3) is 0.778. The summed E-state index contributed by atoms with van der Waals surface area (Å²) >= 11 is 0.573. The molecule has 2 rings (SSSR count). The van der Waals surface area contributed by atoms with Crippen LogP contribution in [0, 0.1) is 5.92 Å². The van der Waals surface area contributed by atoms with E-state index in [4.69, 9.17) is 5.73 Å². The first-order chi connectivity index (χ1) is 7.86. The zero-order valence-corrected chi connectivity index (χ0v) is 10.1. The monoisotopic (exact) mass is 266 g/mol. The molecule has 0 bridgehead atoms. The Morgan fingerprint density at radius 3 is 2.53 bits per heavy atom.